The number of rotatable bonds is 5. The Morgan fingerprint density at radius 3 is 2.57 bits per heavy atom. The van der Waals surface area contributed by atoms with Gasteiger partial charge in [-0.2, -0.15) is 5.26 Å². The maximum absolute atomic E-state index is 14.0. The number of hydrogen-bond donors (Lipinski definition) is 2. The minimum Gasteiger partial charge on any atom is -0.323 e. The molecule has 3 N–H and O–H groups in total. The van der Waals surface area contributed by atoms with Gasteiger partial charge in [0.2, 0.25) is 0 Å². The molecule has 0 fully saturated rings. The third-order valence-corrected chi connectivity index (χ3v) is 2.82. The average molecular weight is 289 g/mol. The van der Waals surface area contributed by atoms with Crippen molar-refractivity contribution in [2.75, 3.05) is 16.9 Å². The van der Waals surface area contributed by atoms with E-state index in [-0.39, 0.29) is 24.6 Å². The molecule has 2 aromatic rings. The van der Waals surface area contributed by atoms with E-state index in [0.29, 0.717) is 11.8 Å². The molecule has 1 aromatic carbocycles. The predicted octanol–water partition coefficient (Wildman–Crippen LogP) is 2.70. The van der Waals surface area contributed by atoms with E-state index in [0.717, 1.165) is 0 Å². The van der Waals surface area contributed by atoms with Gasteiger partial charge in [-0.05, 0) is 12.1 Å². The van der Waals surface area contributed by atoms with Crippen molar-refractivity contribution in [2.24, 2.45) is 5.84 Å². The number of benzene rings is 1. The molecule has 0 unspecified atom stereocenters. The van der Waals surface area contributed by atoms with Crippen molar-refractivity contribution < 1.29 is 8.78 Å². The zero-order valence-electron chi connectivity index (χ0n) is 11.1. The van der Waals surface area contributed by atoms with Crippen LogP contribution in [-0.2, 0) is 0 Å². The zero-order valence-corrected chi connectivity index (χ0v) is 11.1. The van der Waals surface area contributed by atoms with Crippen molar-refractivity contribution in [1.29, 1.82) is 5.26 Å². The van der Waals surface area contributed by atoms with E-state index in [1.165, 1.54) is 4.90 Å². The van der Waals surface area contributed by atoms with Crippen LogP contribution < -0.4 is 16.2 Å². The normalized spacial score (nSPS) is 10.0. The summed E-state index contributed by atoms with van der Waals surface area (Å²) in [7, 11) is 0. The van der Waals surface area contributed by atoms with Gasteiger partial charge in [0.1, 0.15) is 0 Å². The van der Waals surface area contributed by atoms with Crippen molar-refractivity contribution >= 4 is 17.3 Å². The molecule has 0 atom stereocenters. The highest BCUT2D eigenvalue weighted by molar-refractivity contribution is 5.62. The molecular formula is C14H13F2N5. The van der Waals surface area contributed by atoms with E-state index in [1.807, 2.05) is 12.1 Å². The Labute approximate surface area is 120 Å². The average Bonchev–Trinajstić information content (AvgIpc) is 2.50. The smallest absolute Gasteiger partial charge is 0.178 e. The van der Waals surface area contributed by atoms with E-state index < -0.39 is 11.6 Å². The van der Waals surface area contributed by atoms with Gasteiger partial charge in [-0.1, -0.05) is 18.2 Å². The number of halogens is 2. The molecule has 0 saturated carbocycles. The van der Waals surface area contributed by atoms with Gasteiger partial charge in [0, 0.05) is 18.3 Å². The van der Waals surface area contributed by atoms with Crippen LogP contribution in [0.3, 0.4) is 0 Å². The number of pyridine rings is 1. The van der Waals surface area contributed by atoms with E-state index in [4.69, 9.17) is 11.1 Å². The van der Waals surface area contributed by atoms with E-state index in [1.54, 1.807) is 24.3 Å². The second-order valence-corrected chi connectivity index (χ2v) is 4.16. The standard InChI is InChI=1S/C14H13F2N5/c15-11-9-12(16)14(19-13(11)20-18)21(8-4-7-17)10-5-2-1-3-6-10/h1-3,5-6,9H,4,8,18H2,(H,19,20). The summed E-state index contributed by atoms with van der Waals surface area (Å²) in [6.07, 6.45) is 0.165. The first-order chi connectivity index (χ1) is 10.2. The van der Waals surface area contributed by atoms with E-state index in [2.05, 4.69) is 10.4 Å². The molecule has 0 bridgehead atoms. The Balaban J connectivity index is 2.49. The van der Waals surface area contributed by atoms with Gasteiger partial charge in [-0.25, -0.2) is 19.6 Å². The first kappa shape index (κ1) is 14.7. The number of nitriles is 1. The van der Waals surface area contributed by atoms with Gasteiger partial charge in [0.05, 0.1) is 12.5 Å². The predicted molar refractivity (Wildman–Crippen MR) is 75.6 cm³/mol. The number of nitrogens with zero attached hydrogens (tertiary/aromatic N) is 3. The van der Waals surface area contributed by atoms with Crippen LogP contribution in [0.4, 0.5) is 26.1 Å². The van der Waals surface area contributed by atoms with Crippen LogP contribution >= 0.6 is 0 Å². The minimum atomic E-state index is -0.882. The highest BCUT2D eigenvalue weighted by Gasteiger charge is 2.18. The first-order valence-electron chi connectivity index (χ1n) is 6.19. The first-order valence-corrected chi connectivity index (χ1v) is 6.19. The van der Waals surface area contributed by atoms with Crippen LogP contribution in [0.15, 0.2) is 36.4 Å². The van der Waals surface area contributed by atoms with Crippen molar-refractivity contribution in [3.8, 4) is 6.07 Å². The Kier molecular flexibility index (Phi) is 4.64. The molecule has 108 valence electrons. The van der Waals surface area contributed by atoms with Gasteiger partial charge >= 0.3 is 0 Å². The molecule has 0 aliphatic rings. The topological polar surface area (TPSA) is 78.0 Å². The molecule has 1 aromatic heterocycles. The fourth-order valence-corrected chi connectivity index (χ4v) is 1.87. The summed E-state index contributed by atoms with van der Waals surface area (Å²) >= 11 is 0. The van der Waals surface area contributed by atoms with Gasteiger partial charge in [0.15, 0.2) is 23.3 Å². The molecule has 0 amide bonds. The number of para-hydroxylation sites is 1. The van der Waals surface area contributed by atoms with E-state index >= 15 is 0 Å². The molecule has 0 aliphatic heterocycles. The second-order valence-electron chi connectivity index (χ2n) is 4.16. The van der Waals surface area contributed by atoms with Gasteiger partial charge in [-0.15, -0.1) is 0 Å². The molecule has 5 nitrogen and oxygen atoms in total. The molecule has 1 heterocycles. The minimum absolute atomic E-state index is 0.0919. The summed E-state index contributed by atoms with van der Waals surface area (Å²) in [5, 5.41) is 8.74. The number of hydrazine groups is 1. The van der Waals surface area contributed by atoms with E-state index in [9.17, 15) is 8.78 Å². The lowest BCUT2D eigenvalue weighted by Gasteiger charge is -2.23. The van der Waals surface area contributed by atoms with Crippen molar-refractivity contribution in [3.63, 3.8) is 0 Å². The maximum atomic E-state index is 14.0. The van der Waals surface area contributed by atoms with Crippen LogP contribution in [-0.4, -0.2) is 11.5 Å². The third kappa shape index (κ3) is 3.24. The fraction of sp³-hybridized carbons (Fsp3) is 0.143. The van der Waals surface area contributed by atoms with Crippen molar-refractivity contribution in [1.82, 2.24) is 4.98 Å². The van der Waals surface area contributed by atoms with Crippen LogP contribution in [0.25, 0.3) is 0 Å². The SMILES string of the molecule is N#CCCN(c1ccccc1)c1nc(NN)c(F)cc1F. The summed E-state index contributed by atoms with van der Waals surface area (Å²) in [4.78, 5) is 5.35. The number of nitrogen functional groups attached to an aromatic ring is 1. The van der Waals surface area contributed by atoms with Crippen LogP contribution in [0.5, 0.6) is 0 Å². The lowest BCUT2D eigenvalue weighted by Crippen LogP contribution is -2.22. The quantitative estimate of drug-likeness (QED) is 0.653. The highest BCUT2D eigenvalue weighted by Crippen LogP contribution is 2.28. The Morgan fingerprint density at radius 2 is 1.95 bits per heavy atom. The van der Waals surface area contributed by atoms with Crippen LogP contribution in [0, 0.1) is 23.0 Å². The molecule has 21 heavy (non-hydrogen) atoms. The Morgan fingerprint density at radius 1 is 1.24 bits per heavy atom. The zero-order chi connectivity index (χ0) is 15.2. The number of hydrogen-bond acceptors (Lipinski definition) is 5. The number of anilines is 3. The second kappa shape index (κ2) is 6.63. The highest BCUT2D eigenvalue weighted by atomic mass is 19.1. The molecule has 0 radical (unpaired) electrons. The Hall–Kier alpha value is -2.72. The summed E-state index contributed by atoms with van der Waals surface area (Å²) in [5.74, 6) is 3.10. The monoisotopic (exact) mass is 289 g/mol. The summed E-state index contributed by atoms with van der Waals surface area (Å²) < 4.78 is 27.5. The van der Waals surface area contributed by atoms with Gasteiger partial charge in [0.25, 0.3) is 0 Å². The largest absolute Gasteiger partial charge is 0.323 e. The Bertz CT molecular complexity index is 654. The lowest BCUT2D eigenvalue weighted by molar-refractivity contribution is 0.574. The van der Waals surface area contributed by atoms with Crippen molar-refractivity contribution in [3.05, 3.63) is 48.0 Å². The molecule has 0 spiro atoms. The molecule has 0 aliphatic carbocycles. The molecular weight excluding hydrogens is 276 g/mol. The fourth-order valence-electron chi connectivity index (χ4n) is 1.87. The maximum Gasteiger partial charge on any atom is 0.178 e. The number of aromatic nitrogens is 1. The van der Waals surface area contributed by atoms with Gasteiger partial charge < -0.3 is 10.3 Å². The van der Waals surface area contributed by atoms with Gasteiger partial charge in [-0.3, -0.25) is 0 Å². The van der Waals surface area contributed by atoms with Crippen LogP contribution in [0.2, 0.25) is 0 Å². The lowest BCUT2D eigenvalue weighted by atomic mass is 10.2. The number of nitrogens with one attached hydrogen (secondary N) is 1. The molecule has 0 saturated heterocycles. The number of nitrogens with two attached hydrogens (primary N) is 1. The molecule has 2 rings (SSSR count). The summed E-state index contributed by atoms with van der Waals surface area (Å²) in [5.41, 5.74) is 2.73. The summed E-state index contributed by atoms with van der Waals surface area (Å²) in [6.45, 7) is 0.222. The third-order valence-electron chi connectivity index (χ3n) is 2.82. The van der Waals surface area contributed by atoms with Crippen LogP contribution in [0.1, 0.15) is 6.42 Å². The molecule has 7 heteroatoms. The summed E-state index contributed by atoms with van der Waals surface area (Å²) in [6, 6.07) is 11.6. The van der Waals surface area contributed by atoms with Crippen molar-refractivity contribution in [2.45, 2.75) is 6.42 Å².